The summed E-state index contributed by atoms with van der Waals surface area (Å²) in [5, 5.41) is 0. The van der Waals surface area contributed by atoms with E-state index in [-0.39, 0.29) is 0 Å². The van der Waals surface area contributed by atoms with Crippen LogP contribution in [-0.4, -0.2) is 76.2 Å². The summed E-state index contributed by atoms with van der Waals surface area (Å²) in [4.78, 5) is 34.9. The third-order valence-corrected chi connectivity index (χ3v) is 10.9. The van der Waals surface area contributed by atoms with Crippen molar-refractivity contribution in [1.82, 2.24) is 9.80 Å². The van der Waals surface area contributed by atoms with Crippen molar-refractivity contribution in [2.45, 2.75) is 44.6 Å². The molecule has 10 heteroatoms. The molecular weight excluding hydrogens is 669 g/mol. The van der Waals surface area contributed by atoms with E-state index >= 15 is 0 Å². The first kappa shape index (κ1) is 35.6. The van der Waals surface area contributed by atoms with E-state index in [1.54, 1.807) is 37.7 Å². The van der Waals surface area contributed by atoms with Crippen LogP contribution in [0.4, 0.5) is 0 Å². The highest BCUT2D eigenvalue weighted by Gasteiger charge is 2.28. The standard InChI is InChI=1S/C40H42N2O6S2/c1-41-19-17-27-21-37(49-29-11-7-5-8-12-29)33(45-3)23-31(27)35(25-41)47-39(43)15-16-40(44)48-36-26-42(2)20-18-28-22-38(34(46-4)24-32(28)36)50-30-13-9-6-10-14-30/h5-16,21-24,35-36H,17-20,25-26H2,1-4H3/b16-15-. The second-order valence-corrected chi connectivity index (χ2v) is 14.7. The highest BCUT2D eigenvalue weighted by Crippen LogP contribution is 2.41. The van der Waals surface area contributed by atoms with Crippen molar-refractivity contribution in [3.8, 4) is 11.5 Å². The molecule has 4 aromatic carbocycles. The molecule has 0 aliphatic carbocycles. The molecule has 0 fully saturated rings. The molecular formula is C40H42N2O6S2. The van der Waals surface area contributed by atoms with Crippen LogP contribution in [0.15, 0.2) is 117 Å². The van der Waals surface area contributed by atoms with E-state index in [2.05, 4.69) is 46.2 Å². The first-order valence-electron chi connectivity index (χ1n) is 16.6. The quantitative estimate of drug-likeness (QED) is 0.123. The van der Waals surface area contributed by atoms with Gasteiger partial charge in [-0.1, -0.05) is 59.9 Å². The third kappa shape index (κ3) is 8.92. The molecule has 0 saturated carbocycles. The number of nitrogens with zero attached hydrogens (tertiary/aromatic N) is 2. The molecule has 0 aromatic heterocycles. The van der Waals surface area contributed by atoms with Crippen molar-refractivity contribution < 1.29 is 28.5 Å². The fraction of sp³-hybridized carbons (Fsp3) is 0.300. The number of carbonyl (C=O) groups excluding carboxylic acids is 2. The first-order valence-corrected chi connectivity index (χ1v) is 18.3. The van der Waals surface area contributed by atoms with Crippen LogP contribution in [0.2, 0.25) is 0 Å². The zero-order chi connectivity index (χ0) is 35.0. The first-order chi connectivity index (χ1) is 24.3. The van der Waals surface area contributed by atoms with Gasteiger partial charge in [0.1, 0.15) is 23.7 Å². The number of fused-ring (bicyclic) bond motifs is 2. The van der Waals surface area contributed by atoms with Crippen molar-refractivity contribution in [2.75, 3.05) is 54.5 Å². The SMILES string of the molecule is COc1cc2c(cc1Sc1ccccc1)CCN(C)CC2OC(=O)/C=C\C(=O)OC1CN(C)CCc2cc(Sc3ccccc3)c(OC)cc21. The summed E-state index contributed by atoms with van der Waals surface area (Å²) in [7, 11) is 7.32. The lowest BCUT2D eigenvalue weighted by Gasteiger charge is -2.23. The lowest BCUT2D eigenvalue weighted by molar-refractivity contribution is -0.147. The van der Waals surface area contributed by atoms with Gasteiger partial charge in [0.15, 0.2) is 0 Å². The summed E-state index contributed by atoms with van der Waals surface area (Å²) in [6.07, 6.45) is 2.86. The maximum atomic E-state index is 13.2. The minimum absolute atomic E-state index is 0.517. The van der Waals surface area contributed by atoms with Gasteiger partial charge in [0.05, 0.1) is 24.0 Å². The molecule has 2 unspecified atom stereocenters. The average Bonchev–Trinajstić information content (AvgIpc) is 3.37. The number of rotatable bonds is 10. The zero-order valence-corrected chi connectivity index (χ0v) is 30.4. The Balaban J connectivity index is 1.16. The van der Waals surface area contributed by atoms with Crippen LogP contribution in [0.3, 0.4) is 0 Å². The Morgan fingerprint density at radius 2 is 1.04 bits per heavy atom. The van der Waals surface area contributed by atoms with E-state index in [4.69, 9.17) is 18.9 Å². The molecule has 2 aliphatic heterocycles. The monoisotopic (exact) mass is 710 g/mol. The normalized spacial score (nSPS) is 18.0. The largest absolute Gasteiger partial charge is 0.496 e. The predicted molar refractivity (Wildman–Crippen MR) is 196 cm³/mol. The Labute approximate surface area is 302 Å². The predicted octanol–water partition coefficient (Wildman–Crippen LogP) is 7.41. The highest BCUT2D eigenvalue weighted by molar-refractivity contribution is 7.99. The number of carbonyl (C=O) groups is 2. The smallest absolute Gasteiger partial charge is 0.331 e. The van der Waals surface area contributed by atoms with E-state index < -0.39 is 24.1 Å². The molecule has 8 nitrogen and oxygen atoms in total. The van der Waals surface area contributed by atoms with Crippen LogP contribution in [0, 0.1) is 0 Å². The molecule has 0 N–H and O–H groups in total. The number of likely N-dealkylation sites (N-methyl/N-ethyl adjacent to an activating group) is 2. The van der Waals surface area contributed by atoms with Crippen LogP contribution in [0.1, 0.15) is 34.5 Å². The Kier molecular flexibility index (Phi) is 11.9. The van der Waals surface area contributed by atoms with Crippen LogP contribution < -0.4 is 9.47 Å². The average molecular weight is 711 g/mol. The van der Waals surface area contributed by atoms with E-state index in [1.165, 1.54) is 0 Å². The summed E-state index contributed by atoms with van der Waals surface area (Å²) in [6, 6.07) is 28.5. The zero-order valence-electron chi connectivity index (χ0n) is 28.8. The minimum Gasteiger partial charge on any atom is -0.496 e. The topological polar surface area (TPSA) is 77.5 Å². The minimum atomic E-state index is -0.613. The Morgan fingerprint density at radius 1 is 0.640 bits per heavy atom. The van der Waals surface area contributed by atoms with Gasteiger partial charge in [0.2, 0.25) is 0 Å². The van der Waals surface area contributed by atoms with Crippen LogP contribution in [-0.2, 0) is 31.9 Å². The summed E-state index contributed by atoms with van der Waals surface area (Å²) in [6.45, 7) is 2.67. The number of benzene rings is 4. The van der Waals surface area contributed by atoms with Gasteiger partial charge in [-0.2, -0.15) is 0 Å². The van der Waals surface area contributed by atoms with Crippen LogP contribution >= 0.6 is 23.5 Å². The maximum absolute atomic E-state index is 13.2. The van der Waals surface area contributed by atoms with E-state index in [0.29, 0.717) is 13.1 Å². The lowest BCUT2D eigenvalue weighted by atomic mass is 10.0. The van der Waals surface area contributed by atoms with Gasteiger partial charge in [-0.15, -0.1) is 0 Å². The summed E-state index contributed by atoms with van der Waals surface area (Å²) >= 11 is 3.28. The number of methoxy groups -OCH3 is 2. The highest BCUT2D eigenvalue weighted by atomic mass is 32.2. The van der Waals surface area contributed by atoms with Gasteiger partial charge in [-0.05, 0) is 86.6 Å². The Hall–Kier alpha value is -4.22. The molecule has 2 aliphatic rings. The lowest BCUT2D eigenvalue weighted by Crippen LogP contribution is -2.26. The maximum Gasteiger partial charge on any atom is 0.331 e. The Bertz CT molecular complexity index is 1700. The molecule has 0 saturated heterocycles. The molecule has 0 spiro atoms. The molecule has 6 rings (SSSR count). The number of hydrogen-bond donors (Lipinski definition) is 0. The molecule has 0 radical (unpaired) electrons. The molecule has 2 atom stereocenters. The van der Waals surface area contributed by atoms with Crippen LogP contribution in [0.25, 0.3) is 0 Å². The van der Waals surface area contributed by atoms with Gasteiger partial charge in [0, 0.05) is 59.2 Å². The fourth-order valence-electron chi connectivity index (χ4n) is 6.24. The fourth-order valence-corrected chi connectivity index (χ4v) is 8.22. The van der Waals surface area contributed by atoms with E-state index in [0.717, 1.165) is 91.4 Å². The Morgan fingerprint density at radius 3 is 1.42 bits per heavy atom. The number of esters is 2. The van der Waals surface area contributed by atoms with E-state index in [1.807, 2.05) is 62.6 Å². The van der Waals surface area contributed by atoms with Crippen LogP contribution in [0.5, 0.6) is 11.5 Å². The number of ether oxygens (including phenoxy) is 4. The van der Waals surface area contributed by atoms with Gasteiger partial charge in [-0.25, -0.2) is 9.59 Å². The third-order valence-electron chi connectivity index (χ3n) is 8.84. The summed E-state index contributed by atoms with van der Waals surface area (Å²) in [5.41, 5.74) is 4.02. The van der Waals surface area contributed by atoms with Crippen molar-refractivity contribution in [1.29, 1.82) is 0 Å². The molecule has 2 heterocycles. The second kappa shape index (κ2) is 16.7. The second-order valence-electron chi connectivity index (χ2n) is 12.4. The summed E-state index contributed by atoms with van der Waals surface area (Å²) in [5.74, 6) is 0.215. The van der Waals surface area contributed by atoms with Crippen molar-refractivity contribution in [2.24, 2.45) is 0 Å². The van der Waals surface area contributed by atoms with Gasteiger partial charge < -0.3 is 28.7 Å². The molecule has 260 valence electrons. The molecule has 50 heavy (non-hydrogen) atoms. The van der Waals surface area contributed by atoms with E-state index in [9.17, 15) is 9.59 Å². The van der Waals surface area contributed by atoms with Gasteiger partial charge in [-0.3, -0.25) is 0 Å². The summed E-state index contributed by atoms with van der Waals surface area (Å²) < 4.78 is 23.5. The van der Waals surface area contributed by atoms with Crippen molar-refractivity contribution >= 4 is 35.5 Å². The van der Waals surface area contributed by atoms with Crippen molar-refractivity contribution in [3.05, 3.63) is 119 Å². The van der Waals surface area contributed by atoms with Gasteiger partial charge in [0.25, 0.3) is 0 Å². The molecule has 0 amide bonds. The molecule has 0 bridgehead atoms. The van der Waals surface area contributed by atoms with Gasteiger partial charge >= 0.3 is 11.9 Å². The number of hydrogen-bond acceptors (Lipinski definition) is 10. The van der Waals surface area contributed by atoms with Crippen molar-refractivity contribution in [3.63, 3.8) is 0 Å². The molecule has 4 aromatic rings.